The minimum absolute atomic E-state index is 0.0859. The van der Waals surface area contributed by atoms with Crippen LogP contribution < -0.4 is 5.32 Å². The number of alkyl carbamates (subject to hydrolysis) is 1. The Hall–Kier alpha value is -3.74. The van der Waals surface area contributed by atoms with Gasteiger partial charge >= 0.3 is 347 Å². The number of hydrogen-bond donors (Lipinski definition) is 5. The van der Waals surface area contributed by atoms with E-state index in [4.69, 9.17) is 17.3 Å². The number of hydrogen-bond acceptors (Lipinski definition) is 13. The Morgan fingerprint density at radius 3 is 2.16 bits per heavy atom. The van der Waals surface area contributed by atoms with Gasteiger partial charge in [0.2, 0.25) is 0 Å². The molecule has 0 radical (unpaired) electrons. The molecule has 4 aliphatic rings. The fourth-order valence-electron chi connectivity index (χ4n) is 9.64. The van der Waals surface area contributed by atoms with Crippen molar-refractivity contribution in [3.8, 4) is 0 Å². The van der Waals surface area contributed by atoms with Crippen LogP contribution in [0.5, 0.6) is 0 Å². The van der Waals surface area contributed by atoms with Gasteiger partial charge in [0.15, 0.2) is 0 Å². The van der Waals surface area contributed by atoms with Crippen molar-refractivity contribution >= 4 is 49.8 Å². The third kappa shape index (κ3) is 7.40. The number of carbonyl (C=O) groups is 5. The van der Waals surface area contributed by atoms with E-state index in [0.29, 0.717) is 14.7 Å². The second kappa shape index (κ2) is 15.7. The average Bonchev–Trinajstić information content (AvgIpc) is 3.14. The Bertz CT molecular complexity index is 1980. The maximum atomic E-state index is 15.0. The van der Waals surface area contributed by atoms with Crippen LogP contribution in [0.2, 0.25) is 0 Å². The summed E-state index contributed by atoms with van der Waals surface area (Å²) < 4.78 is 23.7. The number of carbonyl (C=O) groups excluding carboxylic acids is 5. The van der Waals surface area contributed by atoms with Gasteiger partial charge in [-0.2, -0.15) is 0 Å². The molecule has 10 atom stereocenters. The van der Waals surface area contributed by atoms with Crippen LogP contribution in [0.4, 0.5) is 4.79 Å². The summed E-state index contributed by atoms with van der Waals surface area (Å²) in [6.07, 6.45) is -7.64. The predicted octanol–water partition coefficient (Wildman–Crippen LogP) is 4.54. The quantitative estimate of drug-likeness (QED) is 0.101. The van der Waals surface area contributed by atoms with Crippen molar-refractivity contribution in [3.05, 3.63) is 80.9 Å². The van der Waals surface area contributed by atoms with Crippen molar-refractivity contribution in [3.63, 3.8) is 0 Å². The molecule has 1 amide bonds. The van der Waals surface area contributed by atoms with Crippen molar-refractivity contribution < 1.29 is 61.7 Å². The van der Waals surface area contributed by atoms with Crippen molar-refractivity contribution in [2.24, 2.45) is 22.7 Å². The van der Waals surface area contributed by atoms with Gasteiger partial charge in [-0.1, -0.05) is 0 Å². The number of benzene rings is 2. The van der Waals surface area contributed by atoms with E-state index in [0.717, 1.165) is 0 Å². The molecule has 1 saturated heterocycles. The number of amides is 1. The van der Waals surface area contributed by atoms with Crippen LogP contribution in [0, 0.1) is 22.7 Å². The van der Waals surface area contributed by atoms with Crippen LogP contribution in [-0.4, -0.2) is 102 Å². The Kier molecular flexibility index (Phi) is 11.9. The Morgan fingerprint density at radius 2 is 1.60 bits per heavy atom. The fraction of sp³-hybridized carbons (Fsp3) is 0.558. The van der Waals surface area contributed by atoms with Gasteiger partial charge in [0.1, 0.15) is 0 Å². The van der Waals surface area contributed by atoms with E-state index < -0.39 is 126 Å². The number of ether oxygens (including phenoxy) is 3. The van der Waals surface area contributed by atoms with Gasteiger partial charge in [0.25, 0.3) is 0 Å². The van der Waals surface area contributed by atoms with E-state index in [9.17, 15) is 39.6 Å². The molecule has 58 heavy (non-hydrogen) atoms. The Morgan fingerprint density at radius 1 is 1.00 bits per heavy atom. The molecular weight excluding hydrogens is 865 g/mol. The number of allylic oxidation sites excluding steroid dienone is 1. The average molecular weight is 920 g/mol. The van der Waals surface area contributed by atoms with Gasteiger partial charge in [-0.05, 0) is 0 Å². The van der Waals surface area contributed by atoms with Crippen LogP contribution in [-0.2, 0) is 31.7 Å². The monoisotopic (exact) mass is 919 g/mol. The molecular formula is C43H54INO13. The summed E-state index contributed by atoms with van der Waals surface area (Å²) in [6.45, 7) is 12.4. The SMILES string of the molecule is CC(=O)O[C@@]12COC1C[C@H](O)[C@@]1(C)C(=O)[C@H](O)C3=C(C)I(OC(=O)[C@H](O)[C@@H](NC(=O)OC(C)(C)C)c4ccccc4)C[C@@](O)(C(CC(=O)c4ccccc4)C21)C3(C)C. The number of aliphatic hydroxyl groups excluding tert-OH is 3. The molecule has 14 nitrogen and oxygen atoms in total. The third-order valence-electron chi connectivity index (χ3n) is 12.6. The zero-order valence-electron chi connectivity index (χ0n) is 34.0. The van der Waals surface area contributed by atoms with Gasteiger partial charge in [0, 0.05) is 0 Å². The predicted molar refractivity (Wildman–Crippen MR) is 217 cm³/mol. The molecule has 6 rings (SSSR count). The number of halogens is 1. The van der Waals surface area contributed by atoms with Gasteiger partial charge in [-0.25, -0.2) is 0 Å². The first-order valence-electron chi connectivity index (χ1n) is 19.3. The second-order valence-corrected chi connectivity index (χ2v) is 22.2. The first kappa shape index (κ1) is 43.8. The molecule has 316 valence electrons. The molecule has 2 aliphatic carbocycles. The number of esters is 1. The second-order valence-electron chi connectivity index (χ2n) is 17.6. The molecule has 2 aliphatic heterocycles. The van der Waals surface area contributed by atoms with Crippen LogP contribution in [0.3, 0.4) is 0 Å². The minimum atomic E-state index is -3.60. The van der Waals surface area contributed by atoms with E-state index in [1.165, 1.54) is 13.8 Å². The van der Waals surface area contributed by atoms with Crippen LogP contribution in [0.1, 0.15) is 90.2 Å². The molecule has 2 aromatic carbocycles. The van der Waals surface area contributed by atoms with Gasteiger partial charge < -0.3 is 0 Å². The Labute approximate surface area is 345 Å². The molecule has 2 heterocycles. The molecule has 0 spiro atoms. The molecule has 2 bridgehead atoms. The topological polar surface area (TPSA) is 215 Å². The summed E-state index contributed by atoms with van der Waals surface area (Å²) in [5, 5.41) is 51.9. The fourth-order valence-corrected chi connectivity index (χ4v) is 15.7. The van der Waals surface area contributed by atoms with Crippen molar-refractivity contribution in [1.29, 1.82) is 0 Å². The summed E-state index contributed by atoms with van der Waals surface area (Å²) in [7, 11) is 0. The number of nitrogens with one attached hydrogen (secondary N) is 1. The summed E-state index contributed by atoms with van der Waals surface area (Å²) in [5.41, 5.74) is -7.11. The molecule has 2 saturated carbocycles. The zero-order valence-corrected chi connectivity index (χ0v) is 36.1. The molecule has 2 aromatic rings. The van der Waals surface area contributed by atoms with Crippen molar-refractivity contribution in [1.82, 2.24) is 5.32 Å². The van der Waals surface area contributed by atoms with E-state index >= 15 is 4.79 Å². The molecule has 3 fully saturated rings. The summed E-state index contributed by atoms with van der Waals surface area (Å²) in [6, 6.07) is 15.3. The number of Topliss-reactive ketones (excluding diaryl/α,β-unsaturated/α-hetero) is 2. The molecule has 5 N–H and O–H groups in total. The van der Waals surface area contributed by atoms with Crippen molar-refractivity contribution in [2.45, 2.75) is 115 Å². The van der Waals surface area contributed by atoms with Crippen LogP contribution >= 0.6 is 20.2 Å². The number of rotatable bonds is 9. The summed E-state index contributed by atoms with van der Waals surface area (Å²) >= 11 is -3.60. The number of fused-ring (bicyclic) bond motifs is 5. The number of ketones is 2. The Balaban J connectivity index is 1.49. The first-order valence-corrected chi connectivity index (χ1v) is 22.8. The maximum absolute atomic E-state index is 15.0. The molecule has 15 heteroatoms. The standard InChI is InChI=1S/C43H54INO13/c1-23-31-33(49)36(51)41(8)29(48)20-30-42(22-55-30,56-24(2)46)35(41)27(19-28(47)25-15-11-9-12-16-25)43(54,40(31,6)7)21-44(23)58-37(52)34(50)32(26-17-13-10-14-18-26)45-38(53)57-39(3,4)5/h9-18,27,29-30,32-35,48-50,54H,19-22H2,1-8H3,(H,45,53)/t27?,29-,30?,32-,33+,34+,35?,41+,42-,43+/m0/s1. The van der Waals surface area contributed by atoms with Gasteiger partial charge in [0.05, 0.1) is 0 Å². The van der Waals surface area contributed by atoms with Crippen LogP contribution in [0.25, 0.3) is 0 Å². The summed E-state index contributed by atoms with van der Waals surface area (Å²) in [4.78, 5) is 69.4. The van der Waals surface area contributed by atoms with Gasteiger partial charge in [-0.3, -0.25) is 0 Å². The first-order chi connectivity index (χ1) is 27.0. The van der Waals surface area contributed by atoms with Crippen LogP contribution in [0.15, 0.2) is 69.8 Å². The van der Waals surface area contributed by atoms with Crippen molar-refractivity contribution in [2.75, 3.05) is 11.0 Å². The van der Waals surface area contributed by atoms with Gasteiger partial charge in [-0.15, -0.1) is 0 Å². The molecule has 3 unspecified atom stereocenters. The van der Waals surface area contributed by atoms with E-state index in [1.54, 1.807) is 102 Å². The normalized spacial score (nSPS) is 33.1. The number of aliphatic hydroxyl groups is 4. The molecule has 0 aromatic heterocycles. The zero-order chi connectivity index (χ0) is 42.7. The van der Waals surface area contributed by atoms with E-state index in [1.807, 2.05) is 0 Å². The summed E-state index contributed by atoms with van der Waals surface area (Å²) in [5.74, 6) is -5.57. The number of alkyl halides is 1. The third-order valence-corrected chi connectivity index (χ3v) is 17.8. The van der Waals surface area contributed by atoms with E-state index in [2.05, 4.69) is 5.32 Å². The van der Waals surface area contributed by atoms with E-state index in [-0.39, 0.29) is 23.0 Å².